The molecule has 4 heterocycles. The van der Waals surface area contributed by atoms with E-state index in [2.05, 4.69) is 20.9 Å². The van der Waals surface area contributed by atoms with E-state index in [4.69, 9.17) is 9.47 Å². The first-order valence-corrected chi connectivity index (χ1v) is 17.6. The third-order valence-electron chi connectivity index (χ3n) is 7.25. The molecule has 2 aromatic carbocycles. The number of nitro groups is 2. The van der Waals surface area contributed by atoms with Gasteiger partial charge in [-0.3, -0.25) is 44.0 Å². The van der Waals surface area contributed by atoms with Gasteiger partial charge in [0.1, 0.15) is 0 Å². The minimum absolute atomic E-state index is 0.00659. The lowest BCUT2D eigenvalue weighted by Crippen LogP contribution is -2.24. The molecule has 0 unspecified atom stereocenters. The van der Waals surface area contributed by atoms with E-state index in [-0.39, 0.29) is 52.1 Å². The number of nitro benzene ring substituents is 2. The molecule has 0 bridgehead atoms. The van der Waals surface area contributed by atoms with Gasteiger partial charge in [0.25, 0.3) is 22.5 Å². The monoisotopic (exact) mass is 796 g/mol. The number of ether oxygens (including phenoxy) is 2. The highest BCUT2D eigenvalue weighted by Gasteiger charge is 2.22. The summed E-state index contributed by atoms with van der Waals surface area (Å²) < 4.78 is 13.0. The molecule has 6 rings (SSSR count). The van der Waals surface area contributed by atoms with E-state index in [0.29, 0.717) is 32.2 Å². The topological polar surface area (TPSA) is 194 Å². The number of nitrogens with one attached hydrogen (secondary N) is 1. The summed E-state index contributed by atoms with van der Waals surface area (Å²) in [7, 11) is 2.73. The molecule has 0 radical (unpaired) electrons. The molecule has 0 aliphatic heterocycles. The van der Waals surface area contributed by atoms with Crippen LogP contribution in [0.2, 0.25) is 0 Å². The first-order chi connectivity index (χ1) is 24.3. The van der Waals surface area contributed by atoms with Gasteiger partial charge in [-0.1, -0.05) is 40.2 Å². The summed E-state index contributed by atoms with van der Waals surface area (Å²) in [4.78, 5) is 70.8. The predicted molar refractivity (Wildman–Crippen MR) is 200 cm³/mol. The fourth-order valence-corrected chi connectivity index (χ4v) is 7.30. The maximum Gasteiger partial charge on any atom is 0.294 e. The second kappa shape index (κ2) is 16.9. The molecule has 0 atom stereocenters. The van der Waals surface area contributed by atoms with Crippen molar-refractivity contribution in [2.24, 2.45) is 0 Å². The van der Waals surface area contributed by atoms with Crippen LogP contribution in [0.3, 0.4) is 0 Å². The van der Waals surface area contributed by atoms with Crippen molar-refractivity contribution in [3.8, 4) is 11.5 Å². The Hall–Kier alpha value is -5.52. The lowest BCUT2D eigenvalue weighted by atomic mass is 10.1. The Labute approximate surface area is 305 Å². The van der Waals surface area contributed by atoms with Crippen molar-refractivity contribution in [2.45, 2.75) is 25.7 Å². The largest absolute Gasteiger partial charge is 0.491 e. The Kier molecular flexibility index (Phi) is 12.7. The second-order valence-corrected chi connectivity index (χ2v) is 13.0. The molecule has 1 N–H and O–H groups in total. The number of hydrogen-bond acceptors (Lipinski definition) is 12. The number of Topliss-reactive ketones (excluding diaryl/α,β-unsaturated/α-hetero) is 2. The van der Waals surface area contributed by atoms with Crippen LogP contribution < -0.4 is 20.6 Å². The van der Waals surface area contributed by atoms with Gasteiger partial charge < -0.3 is 14.5 Å². The molecule has 17 heteroatoms. The maximum absolute atomic E-state index is 12.8. The summed E-state index contributed by atoms with van der Waals surface area (Å²) in [6.07, 6.45) is 0. The predicted octanol–water partition coefficient (Wildman–Crippen LogP) is 7.52. The summed E-state index contributed by atoms with van der Waals surface area (Å²) >= 11 is 5.97. The van der Waals surface area contributed by atoms with Gasteiger partial charge in [0.05, 0.1) is 62.2 Å². The zero-order chi connectivity index (χ0) is 37.4. The number of fused-ring (bicyclic) bond motifs is 2. The standard InChI is InChI=1S/C17H14N2O5S.C10H9NO3S.C7H6BrNO2/c1-10(20)14-15(24-2)17(21)18(13-6-7-25-16(13)14)9-11-4-3-5-12(8-11)19(22)23;1-5(12)7-8(14-2)10(13)11-6-3-4-15-9(6)7;8-5-6-2-1-3-7(4-6)9(10)11/h3-8H,9H2,1-2H3;3-4H,1-2H3,(H,11,13);1-4H,5H2. The van der Waals surface area contributed by atoms with Crippen LogP contribution in [0.15, 0.2) is 81.0 Å². The quantitative estimate of drug-likeness (QED) is 0.0662. The number of carbonyl (C=O) groups excluding carboxylic acids is 2. The van der Waals surface area contributed by atoms with Gasteiger partial charge in [-0.25, -0.2) is 0 Å². The molecule has 4 aromatic heterocycles. The third-order valence-corrected chi connectivity index (χ3v) is 9.75. The van der Waals surface area contributed by atoms with Gasteiger partial charge in [-0.15, -0.1) is 22.7 Å². The smallest absolute Gasteiger partial charge is 0.294 e. The van der Waals surface area contributed by atoms with Gasteiger partial charge >= 0.3 is 0 Å². The molecule has 0 fully saturated rings. The van der Waals surface area contributed by atoms with Crippen molar-refractivity contribution < 1.29 is 28.9 Å². The number of non-ortho nitro benzene ring substituents is 2. The minimum atomic E-state index is -0.480. The van der Waals surface area contributed by atoms with Crippen molar-refractivity contribution >= 4 is 82.0 Å². The van der Waals surface area contributed by atoms with Gasteiger partial charge in [0.2, 0.25) is 0 Å². The van der Waals surface area contributed by atoms with E-state index >= 15 is 0 Å². The van der Waals surface area contributed by atoms with E-state index in [9.17, 15) is 39.4 Å². The number of alkyl halides is 1. The zero-order valence-electron chi connectivity index (χ0n) is 27.5. The highest BCUT2D eigenvalue weighted by atomic mass is 79.9. The number of pyridine rings is 2. The molecule has 0 amide bonds. The highest BCUT2D eigenvalue weighted by molar-refractivity contribution is 9.08. The van der Waals surface area contributed by atoms with E-state index in [0.717, 1.165) is 10.3 Å². The number of aromatic nitrogens is 2. The number of aromatic amines is 1. The number of nitrogens with zero attached hydrogens (tertiary/aromatic N) is 3. The van der Waals surface area contributed by atoms with Gasteiger partial charge in [-0.2, -0.15) is 0 Å². The summed E-state index contributed by atoms with van der Waals surface area (Å²) in [5.74, 6) is -0.320. The molecule has 0 spiro atoms. The lowest BCUT2D eigenvalue weighted by Gasteiger charge is -2.13. The molecular formula is C34H29BrN4O10S2. The average Bonchev–Trinajstić information content (AvgIpc) is 3.79. The molecule has 51 heavy (non-hydrogen) atoms. The number of halogens is 1. The van der Waals surface area contributed by atoms with Crippen LogP contribution in [-0.2, 0) is 11.9 Å². The van der Waals surface area contributed by atoms with Crippen LogP contribution in [0.4, 0.5) is 11.4 Å². The van der Waals surface area contributed by atoms with Crippen LogP contribution in [-0.4, -0.2) is 45.2 Å². The first-order valence-electron chi connectivity index (χ1n) is 14.7. The normalized spacial score (nSPS) is 10.5. The van der Waals surface area contributed by atoms with Crippen molar-refractivity contribution in [2.75, 3.05) is 14.2 Å². The van der Waals surface area contributed by atoms with Crippen LogP contribution >= 0.6 is 38.6 Å². The van der Waals surface area contributed by atoms with Crippen LogP contribution in [0.1, 0.15) is 45.7 Å². The van der Waals surface area contributed by atoms with Crippen LogP contribution in [0.5, 0.6) is 11.5 Å². The van der Waals surface area contributed by atoms with Crippen molar-refractivity contribution in [1.82, 2.24) is 9.55 Å². The minimum Gasteiger partial charge on any atom is -0.491 e. The Bertz CT molecular complexity index is 2400. The van der Waals surface area contributed by atoms with E-state index in [1.165, 1.54) is 73.5 Å². The summed E-state index contributed by atoms with van der Waals surface area (Å²) in [6.45, 7) is 2.96. The number of thiophene rings is 2. The first kappa shape index (κ1) is 38.3. The van der Waals surface area contributed by atoms with Crippen molar-refractivity contribution in [3.63, 3.8) is 0 Å². The number of methoxy groups -OCH3 is 2. The van der Waals surface area contributed by atoms with Crippen LogP contribution in [0, 0.1) is 20.2 Å². The third kappa shape index (κ3) is 8.62. The molecule has 0 saturated heterocycles. The molecular weight excluding hydrogens is 768 g/mol. The Balaban J connectivity index is 0.000000190. The number of rotatable bonds is 9. The van der Waals surface area contributed by atoms with Gasteiger partial charge in [0, 0.05) is 29.6 Å². The van der Waals surface area contributed by atoms with Gasteiger partial charge in [0.15, 0.2) is 23.1 Å². The van der Waals surface area contributed by atoms with Crippen molar-refractivity contribution in [1.29, 1.82) is 0 Å². The number of carbonyl (C=O) groups is 2. The number of hydrogen-bond donors (Lipinski definition) is 1. The SMILES string of the molecule is COc1c(C(C)=O)c2sccc2[nH]c1=O.COc1c(C(C)=O)c2sccc2n(Cc2cccc([N+](=O)[O-])c2)c1=O.O=[N+]([O-])c1cccc(CBr)c1. The molecule has 0 saturated carbocycles. The molecule has 6 aromatic rings. The number of H-pyrrole nitrogens is 1. The zero-order valence-corrected chi connectivity index (χ0v) is 30.7. The average molecular weight is 798 g/mol. The number of ketones is 2. The Morgan fingerprint density at radius 3 is 1.88 bits per heavy atom. The van der Waals surface area contributed by atoms with Gasteiger partial charge in [-0.05, 0) is 47.9 Å². The van der Waals surface area contributed by atoms with E-state index < -0.39 is 15.4 Å². The summed E-state index contributed by atoms with van der Waals surface area (Å²) in [5, 5.41) is 25.5. The van der Waals surface area contributed by atoms with Crippen LogP contribution in [0.25, 0.3) is 20.4 Å². The highest BCUT2D eigenvalue weighted by Crippen LogP contribution is 2.31. The lowest BCUT2D eigenvalue weighted by molar-refractivity contribution is -0.385. The fourth-order valence-electron chi connectivity index (χ4n) is 5.03. The van der Waals surface area contributed by atoms with E-state index in [1.807, 2.05) is 11.4 Å². The van der Waals surface area contributed by atoms with E-state index in [1.54, 1.807) is 41.8 Å². The van der Waals surface area contributed by atoms with Crippen molar-refractivity contribution in [3.05, 3.63) is 135 Å². The fraction of sp³-hybridized carbons (Fsp3) is 0.176. The number of benzene rings is 2. The summed E-state index contributed by atoms with van der Waals surface area (Å²) in [5.41, 5.74) is 2.74. The molecule has 0 aliphatic rings. The molecule has 14 nitrogen and oxygen atoms in total. The second-order valence-electron chi connectivity index (χ2n) is 10.6. The maximum atomic E-state index is 12.8. The Morgan fingerprint density at radius 2 is 1.33 bits per heavy atom. The summed E-state index contributed by atoms with van der Waals surface area (Å²) in [6, 6.07) is 16.2. The Morgan fingerprint density at radius 1 is 0.804 bits per heavy atom. The molecule has 264 valence electrons. The molecule has 0 aliphatic carbocycles.